The highest BCUT2D eigenvalue weighted by atomic mass is 35.5. The van der Waals surface area contributed by atoms with Crippen LogP contribution in [0, 0.1) is 0 Å². The number of benzene rings is 1. The van der Waals surface area contributed by atoms with Gasteiger partial charge in [-0.15, -0.1) is 24.8 Å². The van der Waals surface area contributed by atoms with Gasteiger partial charge in [-0.3, -0.25) is 9.69 Å². The smallest absolute Gasteiger partial charge is 0.237 e. The number of piperazine rings is 1. The highest BCUT2D eigenvalue weighted by Gasteiger charge is 2.22. The summed E-state index contributed by atoms with van der Waals surface area (Å²) in [5.41, 5.74) is 1.14. The van der Waals surface area contributed by atoms with Crippen LogP contribution in [0.3, 0.4) is 0 Å². The van der Waals surface area contributed by atoms with E-state index in [0.29, 0.717) is 19.8 Å². The van der Waals surface area contributed by atoms with Crippen molar-refractivity contribution in [2.45, 2.75) is 19.4 Å². The van der Waals surface area contributed by atoms with Gasteiger partial charge in [-0.05, 0) is 31.0 Å². The average Bonchev–Trinajstić information content (AvgIpc) is 2.61. The molecule has 1 atom stereocenters. The van der Waals surface area contributed by atoms with Gasteiger partial charge in [0.15, 0.2) is 11.5 Å². The topological polar surface area (TPSA) is 62.8 Å². The van der Waals surface area contributed by atoms with E-state index in [4.69, 9.17) is 9.47 Å². The summed E-state index contributed by atoms with van der Waals surface area (Å²) in [5.74, 6) is 1.70. The van der Waals surface area contributed by atoms with Crippen molar-refractivity contribution < 1.29 is 14.3 Å². The predicted octanol–water partition coefficient (Wildman–Crippen LogP) is 1.25. The van der Waals surface area contributed by atoms with Gasteiger partial charge in [0.05, 0.1) is 6.04 Å². The van der Waals surface area contributed by atoms with Crippen LogP contribution in [0.1, 0.15) is 12.5 Å². The van der Waals surface area contributed by atoms with Gasteiger partial charge in [0.25, 0.3) is 0 Å². The minimum absolute atomic E-state index is 0. The first-order valence-electron chi connectivity index (χ1n) is 8.35. The fourth-order valence-corrected chi connectivity index (χ4v) is 2.96. The molecule has 0 saturated carbocycles. The minimum Gasteiger partial charge on any atom is -0.486 e. The maximum atomic E-state index is 12.2. The summed E-state index contributed by atoms with van der Waals surface area (Å²) in [6, 6.07) is 5.90. The third-order valence-corrected chi connectivity index (χ3v) is 4.40. The predicted molar refractivity (Wildman–Crippen MR) is 103 cm³/mol. The molecule has 25 heavy (non-hydrogen) atoms. The van der Waals surface area contributed by atoms with Crippen molar-refractivity contribution in [3.8, 4) is 11.5 Å². The number of carbonyl (C=O) groups excluding carboxylic acids is 1. The summed E-state index contributed by atoms with van der Waals surface area (Å²) < 4.78 is 11.1. The zero-order chi connectivity index (χ0) is 16.1. The van der Waals surface area contributed by atoms with Crippen LogP contribution in [0.5, 0.6) is 11.5 Å². The fraction of sp³-hybridized carbons (Fsp3) is 0.588. The van der Waals surface area contributed by atoms with E-state index in [2.05, 4.69) is 15.5 Å². The van der Waals surface area contributed by atoms with Gasteiger partial charge in [-0.1, -0.05) is 6.07 Å². The molecule has 8 heteroatoms. The number of hydrogen-bond donors (Lipinski definition) is 2. The maximum absolute atomic E-state index is 12.2. The van der Waals surface area contributed by atoms with Crippen LogP contribution < -0.4 is 20.1 Å². The van der Waals surface area contributed by atoms with E-state index in [0.717, 1.165) is 49.7 Å². The summed E-state index contributed by atoms with van der Waals surface area (Å²) >= 11 is 0. The molecule has 1 fully saturated rings. The largest absolute Gasteiger partial charge is 0.486 e. The molecule has 3 rings (SSSR count). The second kappa shape index (κ2) is 10.7. The van der Waals surface area contributed by atoms with Crippen molar-refractivity contribution in [3.63, 3.8) is 0 Å². The Morgan fingerprint density at radius 1 is 1.20 bits per heavy atom. The molecule has 0 spiro atoms. The van der Waals surface area contributed by atoms with Crippen LogP contribution in [0.4, 0.5) is 0 Å². The molecule has 0 aliphatic carbocycles. The Hall–Kier alpha value is -1.21. The van der Waals surface area contributed by atoms with Crippen LogP contribution in [-0.4, -0.2) is 62.8 Å². The van der Waals surface area contributed by atoms with E-state index in [-0.39, 0.29) is 36.8 Å². The van der Waals surface area contributed by atoms with Crippen molar-refractivity contribution >= 4 is 30.7 Å². The number of nitrogens with zero attached hydrogens (tertiary/aromatic N) is 1. The van der Waals surface area contributed by atoms with E-state index in [1.807, 2.05) is 25.1 Å². The molecule has 2 aliphatic rings. The Balaban J connectivity index is 0.00000156. The number of carbonyl (C=O) groups is 1. The van der Waals surface area contributed by atoms with Gasteiger partial charge in [-0.25, -0.2) is 0 Å². The van der Waals surface area contributed by atoms with Crippen LogP contribution in [0.25, 0.3) is 0 Å². The fourth-order valence-electron chi connectivity index (χ4n) is 2.96. The quantitative estimate of drug-likeness (QED) is 0.790. The number of rotatable bonds is 5. The van der Waals surface area contributed by atoms with E-state index < -0.39 is 0 Å². The molecular formula is C17H27Cl2N3O3. The van der Waals surface area contributed by atoms with Gasteiger partial charge >= 0.3 is 0 Å². The van der Waals surface area contributed by atoms with Gasteiger partial charge in [-0.2, -0.15) is 0 Å². The Kier molecular flexibility index (Phi) is 9.35. The lowest BCUT2D eigenvalue weighted by Crippen LogP contribution is -2.52. The molecular weight excluding hydrogens is 365 g/mol. The molecule has 2 N–H and O–H groups in total. The van der Waals surface area contributed by atoms with Crippen molar-refractivity contribution in [3.05, 3.63) is 23.8 Å². The van der Waals surface area contributed by atoms with Crippen molar-refractivity contribution in [1.29, 1.82) is 0 Å². The molecule has 0 bridgehead atoms. The van der Waals surface area contributed by atoms with E-state index in [1.54, 1.807) is 0 Å². The summed E-state index contributed by atoms with van der Waals surface area (Å²) in [6.07, 6.45) is 0.788. The molecule has 1 amide bonds. The lowest BCUT2D eigenvalue weighted by molar-refractivity contribution is -0.126. The van der Waals surface area contributed by atoms with E-state index in [1.165, 1.54) is 0 Å². The molecule has 1 aromatic carbocycles. The minimum atomic E-state index is -0.0719. The van der Waals surface area contributed by atoms with Gasteiger partial charge < -0.3 is 20.1 Å². The molecule has 6 nitrogen and oxygen atoms in total. The number of amides is 1. The second-order valence-electron chi connectivity index (χ2n) is 5.98. The monoisotopic (exact) mass is 391 g/mol. The van der Waals surface area contributed by atoms with Gasteiger partial charge in [0, 0.05) is 32.7 Å². The van der Waals surface area contributed by atoms with Crippen molar-refractivity contribution in [1.82, 2.24) is 15.5 Å². The van der Waals surface area contributed by atoms with Crippen LogP contribution in [0.15, 0.2) is 18.2 Å². The summed E-state index contributed by atoms with van der Waals surface area (Å²) in [6.45, 7) is 7.57. The molecule has 0 aromatic heterocycles. The van der Waals surface area contributed by atoms with Gasteiger partial charge in [0.1, 0.15) is 13.2 Å². The first-order valence-corrected chi connectivity index (χ1v) is 8.35. The molecule has 2 heterocycles. The number of hydrogen-bond acceptors (Lipinski definition) is 5. The number of ether oxygens (including phenoxy) is 2. The van der Waals surface area contributed by atoms with Crippen molar-refractivity contribution in [2.24, 2.45) is 0 Å². The molecule has 0 radical (unpaired) electrons. The van der Waals surface area contributed by atoms with E-state index in [9.17, 15) is 4.79 Å². The Labute approximate surface area is 161 Å². The van der Waals surface area contributed by atoms with E-state index >= 15 is 0 Å². The Morgan fingerprint density at radius 3 is 2.60 bits per heavy atom. The number of halogens is 2. The maximum Gasteiger partial charge on any atom is 0.237 e. The summed E-state index contributed by atoms with van der Waals surface area (Å²) in [7, 11) is 0. The normalized spacial score (nSPS) is 17.6. The third-order valence-electron chi connectivity index (χ3n) is 4.40. The highest BCUT2D eigenvalue weighted by molar-refractivity contribution is 5.85. The average molecular weight is 392 g/mol. The zero-order valence-electron chi connectivity index (χ0n) is 14.5. The first kappa shape index (κ1) is 21.8. The Morgan fingerprint density at radius 2 is 1.88 bits per heavy atom. The van der Waals surface area contributed by atoms with Crippen LogP contribution in [0.2, 0.25) is 0 Å². The molecule has 1 saturated heterocycles. The molecule has 2 aliphatic heterocycles. The lowest BCUT2D eigenvalue weighted by atomic mass is 10.1. The van der Waals surface area contributed by atoms with Gasteiger partial charge in [0.2, 0.25) is 5.91 Å². The van der Waals surface area contributed by atoms with Crippen LogP contribution in [-0.2, 0) is 11.2 Å². The molecule has 1 aromatic rings. The number of nitrogens with one attached hydrogen (secondary N) is 2. The molecule has 142 valence electrons. The summed E-state index contributed by atoms with van der Waals surface area (Å²) in [5, 5.41) is 6.34. The standard InChI is InChI=1S/C17H25N3O3.2ClH/c1-13(20-8-6-18-7-9-20)17(21)19-5-4-14-2-3-15-16(12-14)23-11-10-22-15;;/h2-3,12-13,18H,4-11H2,1H3,(H,19,21);2*1H. The first-order chi connectivity index (χ1) is 11.2. The molecule has 1 unspecified atom stereocenters. The third kappa shape index (κ3) is 5.92. The van der Waals surface area contributed by atoms with Crippen molar-refractivity contribution in [2.75, 3.05) is 45.9 Å². The number of fused-ring (bicyclic) bond motifs is 1. The summed E-state index contributed by atoms with van der Waals surface area (Å²) in [4.78, 5) is 14.5. The van der Waals surface area contributed by atoms with Crippen LogP contribution >= 0.6 is 24.8 Å². The second-order valence-corrected chi connectivity index (χ2v) is 5.98. The Bertz CT molecular complexity index is 554. The SMILES string of the molecule is CC(C(=O)NCCc1ccc2c(c1)OCCO2)N1CCNCC1.Cl.Cl. The lowest BCUT2D eigenvalue weighted by Gasteiger charge is -2.31. The highest BCUT2D eigenvalue weighted by Crippen LogP contribution is 2.30. The zero-order valence-corrected chi connectivity index (χ0v) is 16.1.